The van der Waals surface area contributed by atoms with E-state index in [-0.39, 0.29) is 5.91 Å². The summed E-state index contributed by atoms with van der Waals surface area (Å²) in [4.78, 5) is 14.0. The minimum absolute atomic E-state index is 0.0671. The Morgan fingerprint density at radius 1 is 1.45 bits per heavy atom. The molecule has 0 spiro atoms. The molecule has 2 rings (SSSR count). The van der Waals surface area contributed by atoms with Gasteiger partial charge >= 0.3 is 0 Å². The zero-order valence-electron chi connectivity index (χ0n) is 13.1. The zero-order valence-corrected chi connectivity index (χ0v) is 13.1. The van der Waals surface area contributed by atoms with Crippen LogP contribution in [0.25, 0.3) is 6.08 Å². The largest absolute Gasteiger partial charge is 0.487 e. The van der Waals surface area contributed by atoms with Gasteiger partial charge in [-0.3, -0.25) is 4.79 Å². The Morgan fingerprint density at radius 3 is 2.82 bits per heavy atom. The lowest BCUT2D eigenvalue weighted by atomic mass is 9.99. The number of nitrogens with two attached hydrogens (primary N) is 1. The van der Waals surface area contributed by atoms with E-state index in [0.717, 1.165) is 37.4 Å². The average Bonchev–Trinajstić information content (AvgIpc) is 2.52. The summed E-state index contributed by atoms with van der Waals surface area (Å²) in [5.74, 6) is 1.42. The van der Waals surface area contributed by atoms with Gasteiger partial charge in [-0.05, 0) is 42.5 Å². The maximum absolute atomic E-state index is 12.1. The summed E-state index contributed by atoms with van der Waals surface area (Å²) in [6.45, 7) is 7.95. The molecule has 4 heteroatoms. The lowest BCUT2D eigenvalue weighted by Gasteiger charge is -2.29. The zero-order chi connectivity index (χ0) is 15.9. The van der Waals surface area contributed by atoms with Crippen molar-refractivity contribution >= 4 is 17.7 Å². The molecule has 1 saturated heterocycles. The van der Waals surface area contributed by atoms with E-state index in [2.05, 4.69) is 13.5 Å². The lowest BCUT2D eigenvalue weighted by Crippen LogP contribution is -2.36. The highest BCUT2D eigenvalue weighted by Crippen LogP contribution is 2.23. The Balaban J connectivity index is 1.96. The molecule has 1 aliphatic heterocycles. The first-order chi connectivity index (χ1) is 10.6. The fourth-order valence-corrected chi connectivity index (χ4v) is 2.45. The molecule has 1 aromatic rings. The Labute approximate surface area is 132 Å². The molecule has 0 saturated carbocycles. The topological polar surface area (TPSA) is 55.6 Å². The number of hydrogen-bond donors (Lipinski definition) is 1. The number of anilines is 1. The Kier molecular flexibility index (Phi) is 5.64. The van der Waals surface area contributed by atoms with Gasteiger partial charge in [0.2, 0.25) is 5.91 Å². The molecule has 0 aromatic heterocycles. The molecule has 0 radical (unpaired) electrons. The molecule has 1 aliphatic rings. The second-order valence-corrected chi connectivity index (χ2v) is 5.74. The van der Waals surface area contributed by atoms with Gasteiger partial charge in [-0.25, -0.2) is 0 Å². The van der Waals surface area contributed by atoms with E-state index in [9.17, 15) is 4.79 Å². The first-order valence-electron chi connectivity index (χ1n) is 7.70. The van der Waals surface area contributed by atoms with E-state index in [1.807, 2.05) is 17.0 Å². The van der Waals surface area contributed by atoms with Crippen LogP contribution in [0.3, 0.4) is 0 Å². The molecular formula is C18H24N2O2. The molecule has 22 heavy (non-hydrogen) atoms. The van der Waals surface area contributed by atoms with Crippen LogP contribution < -0.4 is 10.5 Å². The van der Waals surface area contributed by atoms with Crippen LogP contribution in [0.4, 0.5) is 5.69 Å². The van der Waals surface area contributed by atoms with E-state index >= 15 is 0 Å². The molecule has 1 heterocycles. The highest BCUT2D eigenvalue weighted by atomic mass is 16.5. The van der Waals surface area contributed by atoms with Crippen LogP contribution in [-0.4, -0.2) is 30.5 Å². The number of benzene rings is 1. The Bertz CT molecular complexity index is 558. The van der Waals surface area contributed by atoms with Crippen molar-refractivity contribution in [3.8, 4) is 5.75 Å². The summed E-state index contributed by atoms with van der Waals surface area (Å²) < 4.78 is 5.43. The van der Waals surface area contributed by atoms with Crippen LogP contribution in [0, 0.1) is 5.92 Å². The SMILES string of the molecule is C=CCOc1ccc(/C=C\C(=O)N2CCC(C)CC2)cc1N. The fourth-order valence-electron chi connectivity index (χ4n) is 2.45. The minimum Gasteiger partial charge on any atom is -0.487 e. The molecule has 2 N–H and O–H groups in total. The second kappa shape index (κ2) is 7.69. The number of ether oxygens (including phenoxy) is 1. The molecule has 1 amide bonds. The molecule has 1 aromatic carbocycles. The first kappa shape index (κ1) is 16.1. The summed E-state index contributed by atoms with van der Waals surface area (Å²) in [7, 11) is 0. The van der Waals surface area contributed by atoms with E-state index in [1.165, 1.54) is 0 Å². The van der Waals surface area contributed by atoms with Crippen molar-refractivity contribution in [1.82, 2.24) is 4.90 Å². The van der Waals surface area contributed by atoms with E-state index in [4.69, 9.17) is 10.5 Å². The maximum Gasteiger partial charge on any atom is 0.246 e. The Hall–Kier alpha value is -2.23. The molecule has 1 fully saturated rings. The van der Waals surface area contributed by atoms with Crippen molar-refractivity contribution in [2.24, 2.45) is 5.92 Å². The quantitative estimate of drug-likeness (QED) is 0.516. The summed E-state index contributed by atoms with van der Waals surface area (Å²) in [6.07, 6.45) is 7.26. The van der Waals surface area contributed by atoms with Gasteiger partial charge in [-0.1, -0.05) is 25.6 Å². The van der Waals surface area contributed by atoms with Gasteiger partial charge in [0.25, 0.3) is 0 Å². The van der Waals surface area contributed by atoms with Gasteiger partial charge < -0.3 is 15.4 Å². The van der Waals surface area contributed by atoms with Crippen molar-refractivity contribution < 1.29 is 9.53 Å². The number of carbonyl (C=O) groups excluding carboxylic acids is 1. The third kappa shape index (κ3) is 4.38. The van der Waals surface area contributed by atoms with E-state index < -0.39 is 0 Å². The van der Waals surface area contributed by atoms with Crippen molar-refractivity contribution in [3.63, 3.8) is 0 Å². The standard InChI is InChI=1S/C18H24N2O2/c1-3-12-22-17-6-4-15(13-16(17)19)5-7-18(21)20-10-8-14(2)9-11-20/h3-7,13-14H,1,8-12,19H2,2H3/b7-5-. The molecule has 0 atom stereocenters. The lowest BCUT2D eigenvalue weighted by molar-refractivity contribution is -0.127. The minimum atomic E-state index is 0.0671. The van der Waals surface area contributed by atoms with Crippen LogP contribution in [0.15, 0.2) is 36.9 Å². The molecule has 0 unspecified atom stereocenters. The highest BCUT2D eigenvalue weighted by Gasteiger charge is 2.18. The number of nitrogen functional groups attached to an aromatic ring is 1. The van der Waals surface area contributed by atoms with Crippen LogP contribution >= 0.6 is 0 Å². The van der Waals surface area contributed by atoms with E-state index in [0.29, 0.717) is 18.0 Å². The number of amides is 1. The molecule has 0 aliphatic carbocycles. The van der Waals surface area contributed by atoms with Gasteiger partial charge in [0.05, 0.1) is 5.69 Å². The number of carbonyl (C=O) groups is 1. The highest BCUT2D eigenvalue weighted by molar-refractivity contribution is 5.92. The predicted octanol–water partition coefficient (Wildman–Crippen LogP) is 3.11. The smallest absolute Gasteiger partial charge is 0.246 e. The normalized spacial score (nSPS) is 16.0. The van der Waals surface area contributed by atoms with Crippen LogP contribution in [0.5, 0.6) is 5.75 Å². The van der Waals surface area contributed by atoms with Gasteiger partial charge in [0, 0.05) is 19.2 Å². The number of hydrogen-bond acceptors (Lipinski definition) is 3. The van der Waals surface area contributed by atoms with Crippen molar-refractivity contribution in [2.45, 2.75) is 19.8 Å². The summed E-state index contributed by atoms with van der Waals surface area (Å²) >= 11 is 0. The first-order valence-corrected chi connectivity index (χ1v) is 7.70. The van der Waals surface area contributed by atoms with Gasteiger partial charge in [0.15, 0.2) is 0 Å². The maximum atomic E-state index is 12.1. The van der Waals surface area contributed by atoms with Crippen molar-refractivity contribution in [1.29, 1.82) is 0 Å². The van der Waals surface area contributed by atoms with Gasteiger partial charge in [-0.15, -0.1) is 0 Å². The van der Waals surface area contributed by atoms with Crippen LogP contribution in [0.2, 0.25) is 0 Å². The summed E-state index contributed by atoms with van der Waals surface area (Å²) in [5, 5.41) is 0. The van der Waals surface area contributed by atoms with E-state index in [1.54, 1.807) is 24.3 Å². The van der Waals surface area contributed by atoms with Crippen molar-refractivity contribution in [2.75, 3.05) is 25.4 Å². The number of likely N-dealkylation sites (tertiary alicyclic amines) is 1. The van der Waals surface area contributed by atoms with Crippen LogP contribution in [-0.2, 0) is 4.79 Å². The third-order valence-electron chi connectivity index (χ3n) is 3.90. The van der Waals surface area contributed by atoms with Crippen molar-refractivity contribution in [3.05, 3.63) is 42.5 Å². The number of nitrogens with zero attached hydrogens (tertiary/aromatic N) is 1. The molecule has 118 valence electrons. The third-order valence-corrected chi connectivity index (χ3v) is 3.90. The fraction of sp³-hybridized carbons (Fsp3) is 0.389. The Morgan fingerprint density at radius 2 is 2.18 bits per heavy atom. The molecule has 4 nitrogen and oxygen atoms in total. The molecule has 0 bridgehead atoms. The van der Waals surface area contributed by atoms with Crippen LogP contribution in [0.1, 0.15) is 25.3 Å². The number of rotatable bonds is 5. The number of piperidine rings is 1. The molecular weight excluding hydrogens is 276 g/mol. The van der Waals surface area contributed by atoms with Gasteiger partial charge in [-0.2, -0.15) is 0 Å². The predicted molar refractivity (Wildman–Crippen MR) is 90.6 cm³/mol. The van der Waals surface area contributed by atoms with Gasteiger partial charge in [0.1, 0.15) is 12.4 Å². The summed E-state index contributed by atoms with van der Waals surface area (Å²) in [6, 6.07) is 5.50. The average molecular weight is 300 g/mol. The second-order valence-electron chi connectivity index (χ2n) is 5.74. The monoisotopic (exact) mass is 300 g/mol. The summed E-state index contributed by atoms with van der Waals surface area (Å²) in [5.41, 5.74) is 7.39.